The average molecular weight is 401 g/mol. The molecule has 0 fully saturated rings. The summed E-state index contributed by atoms with van der Waals surface area (Å²) in [5.74, 6) is -0.0530. The number of rotatable bonds is 6. The van der Waals surface area contributed by atoms with E-state index in [0.717, 1.165) is 35.6 Å². The minimum Gasteiger partial charge on any atom is -0.352 e. The fraction of sp³-hybridized carbons (Fsp3) is 0.200. The Bertz CT molecular complexity index is 1040. The maximum Gasteiger partial charge on any atom is 0.251 e. The van der Waals surface area contributed by atoms with Crippen LogP contribution in [0.4, 0.5) is 5.69 Å². The number of nitrogens with one attached hydrogen (secondary N) is 1. The van der Waals surface area contributed by atoms with Crippen LogP contribution in [0.1, 0.15) is 41.3 Å². The second-order valence-corrected chi connectivity index (χ2v) is 8.16. The summed E-state index contributed by atoms with van der Waals surface area (Å²) in [7, 11) is 0. The SMILES string of the molecule is CCCC1=Nc2cc(C(=O)NCCc3ccccc3)ccc2Sc2ccccc21. The molecule has 3 nitrogen and oxygen atoms in total. The third kappa shape index (κ3) is 4.60. The van der Waals surface area contributed by atoms with Crippen molar-refractivity contribution in [2.45, 2.75) is 36.0 Å². The molecular formula is C25H24N2OS. The molecule has 1 aliphatic rings. The Hall–Kier alpha value is -2.85. The first kappa shape index (κ1) is 19.5. The van der Waals surface area contributed by atoms with E-state index in [4.69, 9.17) is 4.99 Å². The highest BCUT2D eigenvalue weighted by atomic mass is 32.2. The van der Waals surface area contributed by atoms with Gasteiger partial charge in [0.2, 0.25) is 0 Å². The van der Waals surface area contributed by atoms with Crippen LogP contribution in [0, 0.1) is 0 Å². The van der Waals surface area contributed by atoms with E-state index in [2.05, 4.69) is 48.6 Å². The van der Waals surface area contributed by atoms with Gasteiger partial charge in [-0.05, 0) is 42.7 Å². The number of benzene rings is 3. The van der Waals surface area contributed by atoms with Gasteiger partial charge in [-0.3, -0.25) is 9.79 Å². The van der Waals surface area contributed by atoms with Gasteiger partial charge in [0, 0.05) is 33.2 Å². The van der Waals surface area contributed by atoms with Crippen LogP contribution in [0.3, 0.4) is 0 Å². The lowest BCUT2D eigenvalue weighted by molar-refractivity contribution is 0.0954. The summed E-state index contributed by atoms with van der Waals surface area (Å²) in [6.07, 6.45) is 2.78. The number of carbonyl (C=O) groups excluding carboxylic acids is 1. The van der Waals surface area contributed by atoms with E-state index < -0.39 is 0 Å². The van der Waals surface area contributed by atoms with Crippen LogP contribution in [0.5, 0.6) is 0 Å². The molecule has 0 bridgehead atoms. The Morgan fingerprint density at radius 2 is 1.72 bits per heavy atom. The molecule has 0 unspecified atom stereocenters. The van der Waals surface area contributed by atoms with Crippen molar-refractivity contribution in [1.29, 1.82) is 0 Å². The maximum atomic E-state index is 12.7. The molecule has 0 saturated carbocycles. The Kier molecular flexibility index (Phi) is 6.11. The molecule has 0 atom stereocenters. The van der Waals surface area contributed by atoms with Crippen molar-refractivity contribution in [3.8, 4) is 0 Å². The maximum absolute atomic E-state index is 12.7. The minimum absolute atomic E-state index is 0.0530. The van der Waals surface area contributed by atoms with Gasteiger partial charge in [-0.25, -0.2) is 0 Å². The summed E-state index contributed by atoms with van der Waals surface area (Å²) >= 11 is 1.72. The second kappa shape index (κ2) is 9.10. The highest BCUT2D eigenvalue weighted by Gasteiger charge is 2.18. The lowest BCUT2D eigenvalue weighted by Crippen LogP contribution is -2.25. The number of aliphatic imine (C=N–C) groups is 1. The lowest BCUT2D eigenvalue weighted by Gasteiger charge is -2.08. The van der Waals surface area contributed by atoms with Gasteiger partial charge in [-0.2, -0.15) is 0 Å². The van der Waals surface area contributed by atoms with Crippen molar-refractivity contribution < 1.29 is 4.79 Å². The zero-order valence-corrected chi connectivity index (χ0v) is 17.3. The molecule has 3 aromatic carbocycles. The standard InChI is InChI=1S/C25H24N2OS/c1-2-8-21-20-11-6-7-12-23(20)29-24-14-13-19(17-22(24)27-21)25(28)26-16-15-18-9-4-3-5-10-18/h3-7,9-14,17H,2,8,15-16H2,1H3,(H,26,28). The number of hydrogen-bond acceptors (Lipinski definition) is 3. The number of carbonyl (C=O) groups is 1. The molecule has 1 amide bonds. The summed E-state index contributed by atoms with van der Waals surface area (Å²) < 4.78 is 0. The first-order valence-electron chi connectivity index (χ1n) is 10.1. The molecule has 0 spiro atoms. The zero-order chi connectivity index (χ0) is 20.1. The summed E-state index contributed by atoms with van der Waals surface area (Å²) in [4.78, 5) is 19.9. The van der Waals surface area contributed by atoms with Crippen molar-refractivity contribution in [1.82, 2.24) is 5.32 Å². The summed E-state index contributed by atoms with van der Waals surface area (Å²) in [5, 5.41) is 3.03. The van der Waals surface area contributed by atoms with Gasteiger partial charge in [-0.15, -0.1) is 0 Å². The number of hydrogen-bond donors (Lipinski definition) is 1. The van der Waals surface area contributed by atoms with Crippen LogP contribution in [0.15, 0.2) is 87.6 Å². The number of amides is 1. The van der Waals surface area contributed by atoms with Crippen LogP contribution in [-0.4, -0.2) is 18.2 Å². The van der Waals surface area contributed by atoms with Gasteiger partial charge in [0.05, 0.1) is 5.69 Å². The van der Waals surface area contributed by atoms with Gasteiger partial charge in [0.1, 0.15) is 0 Å². The van der Waals surface area contributed by atoms with Crippen molar-refractivity contribution in [3.63, 3.8) is 0 Å². The topological polar surface area (TPSA) is 41.5 Å². The Morgan fingerprint density at radius 3 is 2.55 bits per heavy atom. The highest BCUT2D eigenvalue weighted by molar-refractivity contribution is 7.99. The molecule has 4 rings (SSSR count). The normalized spacial score (nSPS) is 12.4. The summed E-state index contributed by atoms with van der Waals surface area (Å²) in [6, 6.07) is 24.4. The average Bonchev–Trinajstić information content (AvgIpc) is 2.91. The predicted octanol–water partition coefficient (Wildman–Crippen LogP) is 6.04. The molecule has 29 heavy (non-hydrogen) atoms. The van der Waals surface area contributed by atoms with E-state index in [1.54, 1.807) is 11.8 Å². The van der Waals surface area contributed by atoms with Crippen molar-refractivity contribution >= 4 is 29.1 Å². The number of fused-ring (bicyclic) bond motifs is 2. The molecule has 3 aromatic rings. The molecule has 1 N–H and O–H groups in total. The Balaban J connectivity index is 1.54. The molecule has 1 heterocycles. The van der Waals surface area contributed by atoms with E-state index in [9.17, 15) is 4.79 Å². The van der Waals surface area contributed by atoms with Crippen LogP contribution in [-0.2, 0) is 6.42 Å². The summed E-state index contributed by atoms with van der Waals surface area (Å²) in [5.41, 5.74) is 5.05. The van der Waals surface area contributed by atoms with E-state index in [-0.39, 0.29) is 5.91 Å². The van der Waals surface area contributed by atoms with Crippen molar-refractivity contribution in [2.75, 3.05) is 6.54 Å². The molecule has 0 radical (unpaired) electrons. The van der Waals surface area contributed by atoms with Gasteiger partial charge in [-0.1, -0.05) is 73.6 Å². The largest absolute Gasteiger partial charge is 0.352 e. The van der Waals surface area contributed by atoms with E-state index in [0.29, 0.717) is 12.1 Å². The van der Waals surface area contributed by atoms with Crippen LogP contribution < -0.4 is 5.32 Å². The lowest BCUT2D eigenvalue weighted by atomic mass is 10.1. The fourth-order valence-corrected chi connectivity index (χ4v) is 4.47. The molecule has 0 aliphatic carbocycles. The molecule has 0 saturated heterocycles. The first-order valence-corrected chi connectivity index (χ1v) is 10.9. The monoisotopic (exact) mass is 400 g/mol. The third-order valence-corrected chi connectivity index (χ3v) is 6.06. The smallest absolute Gasteiger partial charge is 0.251 e. The van der Waals surface area contributed by atoms with Gasteiger partial charge in [0.15, 0.2) is 0 Å². The molecule has 0 aromatic heterocycles. The third-order valence-electron chi connectivity index (χ3n) is 4.92. The first-order chi connectivity index (χ1) is 14.2. The van der Waals surface area contributed by atoms with Crippen LogP contribution >= 0.6 is 11.8 Å². The predicted molar refractivity (Wildman–Crippen MR) is 121 cm³/mol. The van der Waals surface area contributed by atoms with Crippen LogP contribution in [0.2, 0.25) is 0 Å². The van der Waals surface area contributed by atoms with E-state index in [1.807, 2.05) is 36.4 Å². The van der Waals surface area contributed by atoms with E-state index >= 15 is 0 Å². The zero-order valence-electron chi connectivity index (χ0n) is 16.5. The second-order valence-electron chi connectivity index (χ2n) is 7.08. The van der Waals surface area contributed by atoms with Crippen LogP contribution in [0.25, 0.3) is 0 Å². The van der Waals surface area contributed by atoms with Crippen molar-refractivity contribution in [2.24, 2.45) is 4.99 Å². The quantitative estimate of drug-likeness (QED) is 0.548. The number of nitrogens with zero attached hydrogens (tertiary/aromatic N) is 1. The minimum atomic E-state index is -0.0530. The Labute approximate surface area is 176 Å². The fourth-order valence-electron chi connectivity index (χ4n) is 3.44. The van der Waals surface area contributed by atoms with Crippen molar-refractivity contribution in [3.05, 3.63) is 89.5 Å². The Morgan fingerprint density at radius 1 is 0.931 bits per heavy atom. The molecular weight excluding hydrogens is 376 g/mol. The van der Waals surface area contributed by atoms with Gasteiger partial charge in [0.25, 0.3) is 5.91 Å². The van der Waals surface area contributed by atoms with E-state index in [1.165, 1.54) is 16.0 Å². The summed E-state index contributed by atoms with van der Waals surface area (Å²) in [6.45, 7) is 2.78. The molecule has 1 aliphatic heterocycles. The highest BCUT2D eigenvalue weighted by Crippen LogP contribution is 2.41. The molecule has 4 heteroatoms. The molecule has 146 valence electrons. The van der Waals surface area contributed by atoms with Gasteiger partial charge >= 0.3 is 0 Å². The van der Waals surface area contributed by atoms with Gasteiger partial charge < -0.3 is 5.32 Å².